The number of hydrogen-bond donors (Lipinski definition) is 1. The van der Waals surface area contributed by atoms with Gasteiger partial charge >= 0.3 is 0 Å². The van der Waals surface area contributed by atoms with Crippen LogP contribution in [-0.4, -0.2) is 42.1 Å². The Bertz CT molecular complexity index is 519. The molecule has 1 atom stereocenters. The monoisotopic (exact) mass is 312 g/mol. The molecule has 0 spiro atoms. The van der Waals surface area contributed by atoms with Gasteiger partial charge in [0.15, 0.2) is 17.6 Å². The van der Waals surface area contributed by atoms with Crippen molar-refractivity contribution in [2.75, 3.05) is 19.7 Å². The number of amides is 1. The minimum Gasteiger partial charge on any atom is -0.486 e. The molecule has 1 aromatic carbocycles. The van der Waals surface area contributed by atoms with Crippen molar-refractivity contribution in [2.45, 2.75) is 31.4 Å². The number of benzene rings is 1. The van der Waals surface area contributed by atoms with Crippen molar-refractivity contribution in [3.8, 4) is 11.5 Å². The van der Waals surface area contributed by atoms with Gasteiger partial charge in [-0.25, -0.2) is 0 Å². The number of carbonyl (C=O) groups excluding carboxylic acids is 1. The molecule has 0 bridgehead atoms. The lowest BCUT2D eigenvalue weighted by Gasteiger charge is -2.32. The summed E-state index contributed by atoms with van der Waals surface area (Å²) in [5.41, 5.74) is 5.36. The van der Waals surface area contributed by atoms with Crippen LogP contribution in [0.1, 0.15) is 19.8 Å². The Labute approximate surface area is 130 Å². The minimum atomic E-state index is -0.622. The van der Waals surface area contributed by atoms with E-state index >= 15 is 0 Å². The third-order valence-electron chi connectivity index (χ3n) is 3.88. The van der Waals surface area contributed by atoms with E-state index in [0.717, 1.165) is 24.3 Å². The summed E-state index contributed by atoms with van der Waals surface area (Å²) in [6.45, 7) is 3.57. The lowest BCUT2D eigenvalue weighted by Crippen LogP contribution is -2.50. The fourth-order valence-electron chi connectivity index (χ4n) is 2.42. The molecule has 1 aromatic rings. The second-order valence-corrected chi connectivity index (χ2v) is 5.50. The second kappa shape index (κ2) is 6.12. The van der Waals surface area contributed by atoms with E-state index in [1.165, 1.54) is 0 Å². The van der Waals surface area contributed by atoms with Crippen LogP contribution in [0.5, 0.6) is 11.5 Å². The molecule has 0 radical (unpaired) electrons. The van der Waals surface area contributed by atoms with Crippen LogP contribution < -0.4 is 15.2 Å². The van der Waals surface area contributed by atoms with E-state index in [0.29, 0.717) is 19.7 Å². The van der Waals surface area contributed by atoms with E-state index in [1.807, 2.05) is 31.2 Å². The number of para-hydroxylation sites is 2. The van der Waals surface area contributed by atoms with Gasteiger partial charge in [0, 0.05) is 6.54 Å². The molecule has 2 aliphatic rings. The number of nitrogens with zero attached hydrogens (tertiary/aromatic N) is 1. The number of hydrogen-bond acceptors (Lipinski definition) is 4. The van der Waals surface area contributed by atoms with Crippen LogP contribution in [0.25, 0.3) is 0 Å². The van der Waals surface area contributed by atoms with Gasteiger partial charge in [-0.2, -0.15) is 0 Å². The molecule has 116 valence electrons. The normalized spacial score (nSPS) is 21.1. The van der Waals surface area contributed by atoms with Crippen molar-refractivity contribution in [1.29, 1.82) is 0 Å². The second-order valence-electron chi connectivity index (χ2n) is 5.50. The number of ether oxygens (including phenoxy) is 2. The predicted octanol–water partition coefficient (Wildman–Crippen LogP) is 1.59. The van der Waals surface area contributed by atoms with Gasteiger partial charge in [-0.1, -0.05) is 12.1 Å². The highest BCUT2D eigenvalue weighted by molar-refractivity contribution is 5.89. The lowest BCUT2D eigenvalue weighted by molar-refractivity contribution is -0.135. The highest BCUT2D eigenvalue weighted by atomic mass is 35.5. The molecule has 0 saturated heterocycles. The zero-order valence-electron chi connectivity index (χ0n) is 12.1. The number of rotatable bonds is 4. The fourth-order valence-corrected chi connectivity index (χ4v) is 2.42. The van der Waals surface area contributed by atoms with Crippen LogP contribution in [0, 0.1) is 0 Å². The van der Waals surface area contributed by atoms with Crippen LogP contribution in [-0.2, 0) is 4.79 Å². The highest BCUT2D eigenvalue weighted by Crippen LogP contribution is 2.35. The Balaban J connectivity index is 0.00000161. The molecule has 3 rings (SSSR count). The summed E-state index contributed by atoms with van der Waals surface area (Å²) in [4.78, 5) is 14.1. The number of carbonyl (C=O) groups is 1. The van der Waals surface area contributed by atoms with Crippen molar-refractivity contribution in [3.05, 3.63) is 24.3 Å². The molecule has 1 aliphatic heterocycles. The van der Waals surface area contributed by atoms with Crippen LogP contribution >= 0.6 is 12.4 Å². The first kappa shape index (κ1) is 15.9. The molecule has 6 heteroatoms. The highest BCUT2D eigenvalue weighted by Gasteiger charge is 2.48. The van der Waals surface area contributed by atoms with E-state index in [4.69, 9.17) is 15.2 Å². The van der Waals surface area contributed by atoms with E-state index < -0.39 is 5.54 Å². The summed E-state index contributed by atoms with van der Waals surface area (Å²) in [5.74, 6) is 1.53. The maximum absolute atomic E-state index is 12.3. The van der Waals surface area contributed by atoms with Gasteiger partial charge in [-0.15, -0.1) is 12.4 Å². The average molecular weight is 313 g/mol. The summed E-state index contributed by atoms with van der Waals surface area (Å²) in [6.07, 6.45) is 1.43. The molecule has 1 saturated carbocycles. The van der Waals surface area contributed by atoms with E-state index in [-0.39, 0.29) is 24.4 Å². The predicted molar refractivity (Wildman–Crippen MR) is 82.0 cm³/mol. The van der Waals surface area contributed by atoms with Crippen LogP contribution in [0.2, 0.25) is 0 Å². The van der Waals surface area contributed by atoms with Gasteiger partial charge in [-0.3, -0.25) is 4.79 Å². The van der Waals surface area contributed by atoms with Gasteiger partial charge in [0.1, 0.15) is 6.61 Å². The maximum Gasteiger partial charge on any atom is 0.242 e. The Hall–Kier alpha value is -1.46. The first-order chi connectivity index (χ1) is 9.62. The van der Waals surface area contributed by atoms with Crippen molar-refractivity contribution in [3.63, 3.8) is 0 Å². The van der Waals surface area contributed by atoms with Crippen molar-refractivity contribution < 1.29 is 14.3 Å². The molecule has 1 aliphatic carbocycles. The molecule has 0 aromatic heterocycles. The molecule has 5 nitrogen and oxygen atoms in total. The van der Waals surface area contributed by atoms with Gasteiger partial charge in [-0.05, 0) is 31.9 Å². The Morgan fingerprint density at radius 3 is 2.67 bits per heavy atom. The first-order valence-electron chi connectivity index (χ1n) is 7.09. The summed E-state index contributed by atoms with van der Waals surface area (Å²) >= 11 is 0. The Kier molecular flexibility index (Phi) is 4.64. The fraction of sp³-hybridized carbons (Fsp3) is 0.533. The number of likely N-dealkylation sites (N-methyl/N-ethyl adjacent to an activating group) is 1. The van der Waals surface area contributed by atoms with Crippen molar-refractivity contribution in [1.82, 2.24) is 4.90 Å². The zero-order chi connectivity index (χ0) is 14.2. The Morgan fingerprint density at radius 1 is 1.38 bits per heavy atom. The van der Waals surface area contributed by atoms with Crippen LogP contribution in [0.3, 0.4) is 0 Å². The van der Waals surface area contributed by atoms with E-state index in [1.54, 1.807) is 4.90 Å². The summed E-state index contributed by atoms with van der Waals surface area (Å²) in [6, 6.07) is 7.58. The van der Waals surface area contributed by atoms with Gasteiger partial charge in [0.2, 0.25) is 5.91 Å². The van der Waals surface area contributed by atoms with Crippen molar-refractivity contribution >= 4 is 18.3 Å². The largest absolute Gasteiger partial charge is 0.486 e. The molecule has 1 heterocycles. The third-order valence-corrected chi connectivity index (χ3v) is 3.88. The molecular formula is C15H21ClN2O3. The molecule has 1 fully saturated rings. The van der Waals surface area contributed by atoms with Crippen LogP contribution in [0.15, 0.2) is 24.3 Å². The summed E-state index contributed by atoms with van der Waals surface area (Å²) < 4.78 is 11.6. The molecule has 2 N–H and O–H groups in total. The number of nitrogens with two attached hydrogens (primary N) is 1. The minimum absolute atomic E-state index is 0. The van der Waals surface area contributed by atoms with Crippen LogP contribution in [0.4, 0.5) is 0 Å². The molecule has 1 unspecified atom stereocenters. The number of fused-ring (bicyclic) bond motifs is 1. The van der Waals surface area contributed by atoms with Crippen molar-refractivity contribution in [2.24, 2.45) is 5.73 Å². The van der Waals surface area contributed by atoms with Gasteiger partial charge < -0.3 is 20.1 Å². The maximum atomic E-state index is 12.3. The number of halogens is 1. The summed E-state index contributed by atoms with van der Waals surface area (Å²) in [7, 11) is 0. The zero-order valence-corrected chi connectivity index (χ0v) is 12.9. The first-order valence-corrected chi connectivity index (χ1v) is 7.09. The topological polar surface area (TPSA) is 64.8 Å². The molecular weight excluding hydrogens is 292 g/mol. The SMILES string of the molecule is CCN(CC1COc2ccccc2O1)C(=O)C1(N)CC1.Cl. The van der Waals surface area contributed by atoms with Gasteiger partial charge in [0.25, 0.3) is 0 Å². The summed E-state index contributed by atoms with van der Waals surface area (Å²) in [5, 5.41) is 0. The smallest absolute Gasteiger partial charge is 0.242 e. The quantitative estimate of drug-likeness (QED) is 0.917. The van der Waals surface area contributed by atoms with E-state index in [9.17, 15) is 4.79 Å². The average Bonchev–Trinajstić information content (AvgIpc) is 3.23. The van der Waals surface area contributed by atoms with E-state index in [2.05, 4.69) is 0 Å². The standard InChI is InChI=1S/C15H20N2O3.ClH/c1-2-17(14(18)15(16)7-8-15)9-11-10-19-12-5-3-4-6-13(12)20-11;/h3-6,11H,2,7-10,16H2,1H3;1H. The lowest BCUT2D eigenvalue weighted by atomic mass is 10.2. The molecule has 1 amide bonds. The molecule has 21 heavy (non-hydrogen) atoms. The van der Waals surface area contributed by atoms with Gasteiger partial charge in [0.05, 0.1) is 12.1 Å². The third kappa shape index (κ3) is 3.24. The Morgan fingerprint density at radius 2 is 2.05 bits per heavy atom.